The van der Waals surface area contributed by atoms with Crippen LogP contribution in [0.1, 0.15) is 31.1 Å². The van der Waals surface area contributed by atoms with Crippen molar-refractivity contribution < 1.29 is 9.26 Å². The summed E-state index contributed by atoms with van der Waals surface area (Å²) in [5.74, 6) is 1.33. The molecule has 7 nitrogen and oxygen atoms in total. The van der Waals surface area contributed by atoms with Gasteiger partial charge >= 0.3 is 0 Å². The quantitative estimate of drug-likeness (QED) is 0.854. The molecule has 1 aromatic heterocycles. The van der Waals surface area contributed by atoms with Crippen LogP contribution >= 0.6 is 0 Å². The molecule has 0 amide bonds. The molecule has 2 aliphatic heterocycles. The first-order valence-electron chi connectivity index (χ1n) is 7.62. The lowest BCUT2D eigenvalue weighted by Gasteiger charge is -2.38. The molecule has 0 saturated carbocycles. The van der Waals surface area contributed by atoms with Crippen molar-refractivity contribution in [1.29, 1.82) is 0 Å². The van der Waals surface area contributed by atoms with E-state index >= 15 is 0 Å². The summed E-state index contributed by atoms with van der Waals surface area (Å²) >= 11 is 0. The third-order valence-electron chi connectivity index (χ3n) is 4.39. The van der Waals surface area contributed by atoms with Crippen molar-refractivity contribution in [2.45, 2.75) is 31.6 Å². The van der Waals surface area contributed by atoms with E-state index in [-0.39, 0.29) is 11.6 Å². The summed E-state index contributed by atoms with van der Waals surface area (Å²) in [6.07, 6.45) is 1.17. The zero-order chi connectivity index (χ0) is 14.9. The minimum Gasteiger partial charge on any atom is -0.363 e. The Balaban J connectivity index is 1.62. The standard InChI is InChI=1S/C14H25N5O2/c1-14(9-15-10-14)20-8-12-16-13(17-21-12)11-7-18(2)5-4-6-19(11)3/h11,15H,4-10H2,1-3H3. The maximum atomic E-state index is 5.84. The van der Waals surface area contributed by atoms with E-state index in [2.05, 4.69) is 46.3 Å². The second-order valence-corrected chi connectivity index (χ2v) is 6.50. The topological polar surface area (TPSA) is 66.7 Å². The molecular weight excluding hydrogens is 270 g/mol. The van der Waals surface area contributed by atoms with Gasteiger partial charge in [-0.15, -0.1) is 0 Å². The first-order chi connectivity index (χ1) is 10.1. The lowest BCUT2D eigenvalue weighted by Crippen LogP contribution is -2.58. The van der Waals surface area contributed by atoms with Gasteiger partial charge in [-0.2, -0.15) is 4.98 Å². The van der Waals surface area contributed by atoms with Crippen LogP contribution in [0.3, 0.4) is 0 Å². The van der Waals surface area contributed by atoms with E-state index in [0.717, 1.165) is 38.5 Å². The Morgan fingerprint density at radius 1 is 1.38 bits per heavy atom. The van der Waals surface area contributed by atoms with Crippen LogP contribution in [0.25, 0.3) is 0 Å². The Morgan fingerprint density at radius 2 is 2.19 bits per heavy atom. The highest BCUT2D eigenvalue weighted by atomic mass is 16.5. The fourth-order valence-electron chi connectivity index (χ4n) is 2.83. The second-order valence-electron chi connectivity index (χ2n) is 6.50. The van der Waals surface area contributed by atoms with Gasteiger partial charge in [-0.25, -0.2) is 0 Å². The average Bonchev–Trinajstić information content (AvgIpc) is 2.82. The largest absolute Gasteiger partial charge is 0.363 e. The predicted molar refractivity (Wildman–Crippen MR) is 77.8 cm³/mol. The number of nitrogens with one attached hydrogen (secondary N) is 1. The highest BCUT2D eigenvalue weighted by molar-refractivity contribution is 4.97. The number of likely N-dealkylation sites (N-methyl/N-ethyl adjacent to an activating group) is 2. The van der Waals surface area contributed by atoms with E-state index in [1.807, 2.05) is 0 Å². The molecule has 2 fully saturated rings. The molecule has 0 spiro atoms. The molecule has 0 aromatic carbocycles. The minimum absolute atomic E-state index is 0.0893. The molecule has 3 heterocycles. The van der Waals surface area contributed by atoms with Gasteiger partial charge in [-0.05, 0) is 40.5 Å². The van der Waals surface area contributed by atoms with Gasteiger partial charge in [-0.3, -0.25) is 4.90 Å². The predicted octanol–water partition coefficient (Wildman–Crippen LogP) is 0.257. The smallest absolute Gasteiger partial charge is 0.252 e. The summed E-state index contributed by atoms with van der Waals surface area (Å²) in [5.41, 5.74) is -0.0893. The first kappa shape index (κ1) is 14.9. The van der Waals surface area contributed by atoms with Crippen molar-refractivity contribution in [3.05, 3.63) is 11.7 Å². The molecule has 0 radical (unpaired) electrons. The van der Waals surface area contributed by atoms with Gasteiger partial charge in [0.1, 0.15) is 6.61 Å². The maximum Gasteiger partial charge on any atom is 0.252 e. The molecule has 1 aromatic rings. The molecule has 3 rings (SSSR count). The third-order valence-corrected chi connectivity index (χ3v) is 4.39. The fraction of sp³-hybridized carbons (Fsp3) is 0.857. The maximum absolute atomic E-state index is 5.84. The van der Waals surface area contributed by atoms with Crippen LogP contribution in [-0.2, 0) is 11.3 Å². The number of aromatic nitrogens is 2. The Morgan fingerprint density at radius 3 is 2.90 bits per heavy atom. The van der Waals surface area contributed by atoms with E-state index < -0.39 is 0 Å². The normalized spacial score (nSPS) is 27.3. The van der Waals surface area contributed by atoms with Gasteiger partial charge in [0.15, 0.2) is 5.82 Å². The molecule has 0 aliphatic carbocycles. The van der Waals surface area contributed by atoms with E-state index in [1.54, 1.807) is 0 Å². The van der Waals surface area contributed by atoms with Gasteiger partial charge in [0.05, 0.1) is 11.6 Å². The third kappa shape index (κ3) is 3.42. The Kier molecular flexibility index (Phi) is 4.26. The number of hydrogen-bond donors (Lipinski definition) is 1. The van der Waals surface area contributed by atoms with Crippen molar-refractivity contribution >= 4 is 0 Å². The molecule has 2 aliphatic rings. The molecule has 2 saturated heterocycles. The van der Waals surface area contributed by atoms with Crippen LogP contribution in [0.4, 0.5) is 0 Å². The highest BCUT2D eigenvalue weighted by Gasteiger charge is 2.33. The van der Waals surface area contributed by atoms with E-state index in [0.29, 0.717) is 12.5 Å². The monoisotopic (exact) mass is 295 g/mol. The summed E-state index contributed by atoms with van der Waals surface area (Å²) in [6.45, 7) is 7.33. The highest BCUT2D eigenvalue weighted by Crippen LogP contribution is 2.22. The van der Waals surface area contributed by atoms with Crippen LogP contribution in [0.15, 0.2) is 4.52 Å². The van der Waals surface area contributed by atoms with Crippen molar-refractivity contribution in [3.8, 4) is 0 Å². The average molecular weight is 295 g/mol. The molecule has 118 valence electrons. The molecule has 7 heteroatoms. The molecular formula is C14H25N5O2. The molecule has 1 N–H and O–H groups in total. The van der Waals surface area contributed by atoms with Crippen molar-refractivity contribution in [1.82, 2.24) is 25.3 Å². The summed E-state index contributed by atoms with van der Waals surface area (Å²) in [7, 11) is 4.26. The van der Waals surface area contributed by atoms with Crippen LogP contribution in [0, 0.1) is 0 Å². The summed E-state index contributed by atoms with van der Waals surface area (Å²) in [6, 6.07) is 0.191. The first-order valence-corrected chi connectivity index (χ1v) is 7.62. The van der Waals surface area contributed by atoms with Crippen molar-refractivity contribution in [3.63, 3.8) is 0 Å². The molecule has 21 heavy (non-hydrogen) atoms. The summed E-state index contributed by atoms with van der Waals surface area (Å²) in [4.78, 5) is 9.15. The Labute approximate surface area is 125 Å². The lowest BCUT2D eigenvalue weighted by molar-refractivity contribution is -0.0841. The summed E-state index contributed by atoms with van der Waals surface area (Å²) in [5, 5.41) is 7.37. The van der Waals surface area contributed by atoms with Crippen LogP contribution in [-0.4, -0.2) is 72.4 Å². The zero-order valence-electron chi connectivity index (χ0n) is 13.1. The second kappa shape index (κ2) is 6.00. The van der Waals surface area contributed by atoms with Crippen molar-refractivity contribution in [2.24, 2.45) is 0 Å². The van der Waals surface area contributed by atoms with Gasteiger partial charge in [0, 0.05) is 19.6 Å². The van der Waals surface area contributed by atoms with E-state index in [1.165, 1.54) is 6.42 Å². The SMILES string of the molecule is CN1CCCN(C)C(c2noc(COC3(C)CNC3)n2)C1. The van der Waals surface area contributed by atoms with Crippen molar-refractivity contribution in [2.75, 3.05) is 46.8 Å². The molecule has 0 bridgehead atoms. The van der Waals surface area contributed by atoms with Crippen LogP contribution < -0.4 is 5.32 Å². The van der Waals surface area contributed by atoms with E-state index in [9.17, 15) is 0 Å². The molecule has 1 unspecified atom stereocenters. The zero-order valence-corrected chi connectivity index (χ0v) is 13.1. The van der Waals surface area contributed by atoms with Gasteiger partial charge in [-0.1, -0.05) is 5.16 Å². The number of hydrogen-bond acceptors (Lipinski definition) is 7. The number of ether oxygens (including phenoxy) is 1. The number of nitrogens with zero attached hydrogens (tertiary/aromatic N) is 4. The fourth-order valence-corrected chi connectivity index (χ4v) is 2.83. The molecule has 1 atom stereocenters. The van der Waals surface area contributed by atoms with Crippen LogP contribution in [0.5, 0.6) is 0 Å². The van der Waals surface area contributed by atoms with Gasteiger partial charge in [0.25, 0.3) is 5.89 Å². The van der Waals surface area contributed by atoms with Gasteiger partial charge in [0.2, 0.25) is 0 Å². The van der Waals surface area contributed by atoms with Gasteiger partial charge < -0.3 is 19.5 Å². The van der Waals surface area contributed by atoms with Crippen LogP contribution in [0.2, 0.25) is 0 Å². The Bertz CT molecular complexity index is 474. The number of rotatable bonds is 4. The lowest BCUT2D eigenvalue weighted by atomic mass is 10.0. The Hall–Kier alpha value is -1.02. The summed E-state index contributed by atoms with van der Waals surface area (Å²) < 4.78 is 11.2. The van der Waals surface area contributed by atoms with E-state index in [4.69, 9.17) is 9.26 Å². The minimum atomic E-state index is -0.0893.